The molecule has 1 aromatic heterocycles. The van der Waals surface area contributed by atoms with Crippen molar-refractivity contribution in [3.05, 3.63) is 42.4 Å². The van der Waals surface area contributed by atoms with Crippen LogP contribution in [0.15, 0.2) is 36.7 Å². The average molecular weight is 428 g/mol. The SMILES string of the molecule is COC(=O)c1cnc(-c2ccc(OCC3CCN(C(=O)OC(C)(C)C)CC3)cc2)cn1. The van der Waals surface area contributed by atoms with Gasteiger partial charge < -0.3 is 19.1 Å². The number of likely N-dealkylation sites (tertiary alicyclic amines) is 1. The van der Waals surface area contributed by atoms with Gasteiger partial charge in [-0.15, -0.1) is 0 Å². The van der Waals surface area contributed by atoms with Crippen molar-refractivity contribution in [2.75, 3.05) is 26.8 Å². The largest absolute Gasteiger partial charge is 0.493 e. The van der Waals surface area contributed by atoms with E-state index >= 15 is 0 Å². The van der Waals surface area contributed by atoms with Gasteiger partial charge in [-0.1, -0.05) is 0 Å². The lowest BCUT2D eigenvalue weighted by molar-refractivity contribution is 0.0164. The molecule has 0 unspecified atom stereocenters. The van der Waals surface area contributed by atoms with Crippen LogP contribution in [0.3, 0.4) is 0 Å². The van der Waals surface area contributed by atoms with E-state index in [0.29, 0.717) is 31.3 Å². The number of amides is 1. The summed E-state index contributed by atoms with van der Waals surface area (Å²) in [6, 6.07) is 7.59. The van der Waals surface area contributed by atoms with Gasteiger partial charge in [-0.05, 0) is 63.8 Å². The molecule has 8 heteroatoms. The van der Waals surface area contributed by atoms with Crippen LogP contribution in [0.1, 0.15) is 44.1 Å². The monoisotopic (exact) mass is 427 g/mol. The number of hydrogen-bond acceptors (Lipinski definition) is 7. The lowest BCUT2D eigenvalue weighted by Gasteiger charge is -2.33. The van der Waals surface area contributed by atoms with E-state index in [-0.39, 0.29) is 11.8 Å². The zero-order valence-corrected chi connectivity index (χ0v) is 18.5. The van der Waals surface area contributed by atoms with Crippen LogP contribution >= 0.6 is 0 Å². The van der Waals surface area contributed by atoms with E-state index in [9.17, 15) is 9.59 Å². The molecule has 0 saturated carbocycles. The first-order valence-corrected chi connectivity index (χ1v) is 10.4. The minimum absolute atomic E-state index is 0.170. The molecule has 2 heterocycles. The van der Waals surface area contributed by atoms with Gasteiger partial charge in [0.2, 0.25) is 0 Å². The summed E-state index contributed by atoms with van der Waals surface area (Å²) >= 11 is 0. The number of methoxy groups -OCH3 is 1. The fraction of sp³-hybridized carbons (Fsp3) is 0.478. The number of piperidine rings is 1. The molecule has 2 aromatic rings. The Kier molecular flexibility index (Phi) is 7.09. The molecule has 1 aliphatic heterocycles. The highest BCUT2D eigenvalue weighted by Gasteiger charge is 2.27. The second-order valence-corrected chi connectivity index (χ2v) is 8.52. The Morgan fingerprint density at radius 2 is 1.74 bits per heavy atom. The van der Waals surface area contributed by atoms with Crippen LogP contribution in [0.2, 0.25) is 0 Å². The smallest absolute Gasteiger partial charge is 0.410 e. The summed E-state index contributed by atoms with van der Waals surface area (Å²) in [4.78, 5) is 33.7. The third kappa shape index (κ3) is 6.41. The summed E-state index contributed by atoms with van der Waals surface area (Å²) < 4.78 is 16.0. The molecule has 3 rings (SSSR count). The number of carbonyl (C=O) groups is 2. The maximum atomic E-state index is 12.2. The van der Waals surface area contributed by atoms with Gasteiger partial charge in [0.25, 0.3) is 0 Å². The summed E-state index contributed by atoms with van der Waals surface area (Å²) in [6.07, 6.45) is 4.47. The number of hydrogen-bond donors (Lipinski definition) is 0. The normalized spacial score (nSPS) is 14.8. The van der Waals surface area contributed by atoms with Crippen molar-refractivity contribution in [1.29, 1.82) is 0 Å². The van der Waals surface area contributed by atoms with Gasteiger partial charge in [0.05, 0.1) is 31.8 Å². The number of aromatic nitrogens is 2. The van der Waals surface area contributed by atoms with E-state index in [1.54, 1.807) is 11.1 Å². The number of benzene rings is 1. The Balaban J connectivity index is 1.47. The van der Waals surface area contributed by atoms with Crippen LogP contribution < -0.4 is 4.74 Å². The first-order chi connectivity index (χ1) is 14.7. The van der Waals surface area contributed by atoms with E-state index in [0.717, 1.165) is 24.2 Å². The quantitative estimate of drug-likeness (QED) is 0.667. The van der Waals surface area contributed by atoms with Crippen molar-refractivity contribution in [1.82, 2.24) is 14.9 Å². The van der Waals surface area contributed by atoms with Crippen LogP contribution in [0, 0.1) is 5.92 Å². The molecule has 1 fully saturated rings. The van der Waals surface area contributed by atoms with Crippen molar-refractivity contribution >= 4 is 12.1 Å². The molecule has 8 nitrogen and oxygen atoms in total. The van der Waals surface area contributed by atoms with E-state index in [2.05, 4.69) is 14.7 Å². The van der Waals surface area contributed by atoms with Crippen molar-refractivity contribution in [2.24, 2.45) is 5.92 Å². The third-order valence-electron chi connectivity index (χ3n) is 4.95. The number of rotatable bonds is 5. The molecule has 166 valence electrons. The first-order valence-electron chi connectivity index (χ1n) is 10.4. The van der Waals surface area contributed by atoms with Crippen molar-refractivity contribution in [3.8, 4) is 17.0 Å². The van der Waals surface area contributed by atoms with Crippen molar-refractivity contribution < 1.29 is 23.8 Å². The zero-order chi connectivity index (χ0) is 22.4. The fourth-order valence-electron chi connectivity index (χ4n) is 3.23. The van der Waals surface area contributed by atoms with Gasteiger partial charge in [-0.3, -0.25) is 4.98 Å². The summed E-state index contributed by atoms with van der Waals surface area (Å²) in [7, 11) is 1.31. The lowest BCUT2D eigenvalue weighted by Crippen LogP contribution is -2.42. The zero-order valence-electron chi connectivity index (χ0n) is 18.5. The van der Waals surface area contributed by atoms with Crippen molar-refractivity contribution in [3.63, 3.8) is 0 Å². The molecule has 0 radical (unpaired) electrons. The number of ether oxygens (including phenoxy) is 3. The predicted octanol–water partition coefficient (Wildman–Crippen LogP) is 3.96. The second kappa shape index (κ2) is 9.76. The van der Waals surface area contributed by atoms with Crippen LogP contribution in [0.4, 0.5) is 4.79 Å². The summed E-state index contributed by atoms with van der Waals surface area (Å²) in [5, 5.41) is 0. The minimum atomic E-state index is -0.514. The molecule has 1 aromatic carbocycles. The second-order valence-electron chi connectivity index (χ2n) is 8.52. The van der Waals surface area contributed by atoms with Crippen LogP contribution in [0.25, 0.3) is 11.3 Å². The van der Waals surface area contributed by atoms with Gasteiger partial charge in [0.1, 0.15) is 11.4 Å². The highest BCUT2D eigenvalue weighted by Crippen LogP contribution is 2.23. The van der Waals surface area contributed by atoms with Crippen LogP contribution in [-0.4, -0.2) is 59.3 Å². The highest BCUT2D eigenvalue weighted by molar-refractivity contribution is 5.86. The molecule has 0 bridgehead atoms. The Bertz CT molecular complexity index is 883. The Labute approximate surface area is 182 Å². The molecule has 0 spiro atoms. The van der Waals surface area contributed by atoms with Crippen LogP contribution in [-0.2, 0) is 9.47 Å². The van der Waals surface area contributed by atoms with E-state index in [1.165, 1.54) is 13.3 Å². The summed E-state index contributed by atoms with van der Waals surface area (Å²) in [5.41, 5.74) is 1.23. The molecule has 1 aliphatic rings. The molecular weight excluding hydrogens is 398 g/mol. The maximum Gasteiger partial charge on any atom is 0.410 e. The molecular formula is C23H29N3O5. The van der Waals surface area contributed by atoms with E-state index in [1.807, 2.05) is 45.0 Å². The number of esters is 1. The molecule has 0 aliphatic carbocycles. The molecule has 1 saturated heterocycles. The Morgan fingerprint density at radius 3 is 2.29 bits per heavy atom. The average Bonchev–Trinajstić information content (AvgIpc) is 2.77. The molecule has 1 amide bonds. The van der Waals surface area contributed by atoms with Crippen LogP contribution in [0.5, 0.6) is 5.75 Å². The van der Waals surface area contributed by atoms with E-state index < -0.39 is 11.6 Å². The number of nitrogens with zero attached hydrogens (tertiary/aromatic N) is 3. The minimum Gasteiger partial charge on any atom is -0.493 e. The van der Waals surface area contributed by atoms with E-state index in [4.69, 9.17) is 9.47 Å². The summed E-state index contributed by atoms with van der Waals surface area (Å²) in [6.45, 7) is 7.60. The third-order valence-corrected chi connectivity index (χ3v) is 4.95. The maximum absolute atomic E-state index is 12.2. The first kappa shape index (κ1) is 22.5. The Morgan fingerprint density at radius 1 is 1.06 bits per heavy atom. The summed E-state index contributed by atoms with van der Waals surface area (Å²) in [5.74, 6) is 0.660. The van der Waals surface area contributed by atoms with Gasteiger partial charge in [0.15, 0.2) is 5.69 Å². The van der Waals surface area contributed by atoms with Gasteiger partial charge in [-0.25, -0.2) is 14.6 Å². The predicted molar refractivity (Wildman–Crippen MR) is 115 cm³/mol. The standard InChI is InChI=1S/C23H29N3O5/c1-23(2,3)31-22(28)26-11-9-16(10-12-26)15-30-18-7-5-17(6-8-18)19-13-25-20(14-24-19)21(27)29-4/h5-8,13-14,16H,9-12,15H2,1-4H3. The Hall–Kier alpha value is -3.16. The van der Waals surface area contributed by atoms with Gasteiger partial charge >= 0.3 is 12.1 Å². The molecule has 0 atom stereocenters. The van der Waals surface area contributed by atoms with Crippen molar-refractivity contribution in [2.45, 2.75) is 39.2 Å². The lowest BCUT2D eigenvalue weighted by atomic mass is 9.98. The molecule has 0 N–H and O–H groups in total. The number of carbonyl (C=O) groups excluding carboxylic acids is 2. The van der Waals surface area contributed by atoms with Gasteiger partial charge in [0, 0.05) is 18.7 Å². The molecule has 31 heavy (non-hydrogen) atoms. The fourth-order valence-corrected chi connectivity index (χ4v) is 3.23. The van der Waals surface area contributed by atoms with Gasteiger partial charge in [-0.2, -0.15) is 0 Å². The highest BCUT2D eigenvalue weighted by atomic mass is 16.6. The topological polar surface area (TPSA) is 90.9 Å².